The maximum absolute atomic E-state index is 13.8. The number of hydrogen-bond donors (Lipinski definition) is 0. The normalized spacial score (nSPS) is 31.5. The molecule has 1 aliphatic carbocycles. The summed E-state index contributed by atoms with van der Waals surface area (Å²) in [5.74, 6) is 0.535. The number of benzene rings is 1. The third-order valence-corrected chi connectivity index (χ3v) is 7.43. The summed E-state index contributed by atoms with van der Waals surface area (Å²) in [5, 5.41) is 0. The van der Waals surface area contributed by atoms with Gasteiger partial charge in [0.05, 0.1) is 29.7 Å². The Morgan fingerprint density at radius 3 is 2.50 bits per heavy atom. The molecule has 0 radical (unpaired) electrons. The highest BCUT2D eigenvalue weighted by Crippen LogP contribution is 2.48. The molecule has 5 nitrogen and oxygen atoms in total. The van der Waals surface area contributed by atoms with Crippen LogP contribution in [0.5, 0.6) is 5.75 Å². The maximum atomic E-state index is 13.8. The van der Waals surface area contributed by atoms with E-state index in [1.54, 1.807) is 4.90 Å². The Kier molecular flexibility index (Phi) is 6.22. The average Bonchev–Trinajstić information content (AvgIpc) is 3.18. The molecule has 1 saturated carbocycles. The van der Waals surface area contributed by atoms with E-state index >= 15 is 0 Å². The fourth-order valence-electron chi connectivity index (χ4n) is 5.71. The van der Waals surface area contributed by atoms with Gasteiger partial charge in [-0.1, -0.05) is 13.8 Å². The van der Waals surface area contributed by atoms with E-state index in [1.807, 2.05) is 0 Å². The second-order valence-electron chi connectivity index (χ2n) is 10.0. The van der Waals surface area contributed by atoms with Gasteiger partial charge in [-0.25, -0.2) is 0 Å². The van der Waals surface area contributed by atoms with Gasteiger partial charge in [0, 0.05) is 24.7 Å². The van der Waals surface area contributed by atoms with Gasteiger partial charge in [-0.05, 0) is 57.2 Å². The lowest BCUT2D eigenvalue weighted by Gasteiger charge is -2.42. The number of carbonyl (C=O) groups excluding carboxylic acids is 1. The van der Waals surface area contributed by atoms with Gasteiger partial charge in [0.1, 0.15) is 5.75 Å². The van der Waals surface area contributed by atoms with Crippen LogP contribution in [-0.2, 0) is 22.3 Å². The summed E-state index contributed by atoms with van der Waals surface area (Å²) in [6.45, 7) is 10.2. The number of morpholine rings is 1. The standard InChI is InChI=1S/C24H33F3N2O3/c1-15(2)23(8-7-20(10-23)28-11-16(3)32-17(4)12-28)22(30)29-13-18-9-19(24(25,26)27)5-6-21(18)31-14-29/h5-6,9,15-17,20H,7-8,10-14H2,1-4H3/t16-,17+,20-,23+/m1/s1. The highest BCUT2D eigenvalue weighted by Gasteiger charge is 2.51. The second-order valence-corrected chi connectivity index (χ2v) is 10.0. The molecule has 1 amide bonds. The van der Waals surface area contributed by atoms with E-state index in [1.165, 1.54) is 6.07 Å². The molecule has 0 N–H and O–H groups in total. The number of amides is 1. The number of carbonyl (C=O) groups is 1. The van der Waals surface area contributed by atoms with Crippen LogP contribution in [0.2, 0.25) is 0 Å². The van der Waals surface area contributed by atoms with E-state index in [4.69, 9.17) is 9.47 Å². The number of fused-ring (bicyclic) bond motifs is 1. The SMILES string of the molecule is CC(C)[C@]1(C(=O)N2COc3ccc(C(F)(F)F)cc3C2)CC[C@@H](N2C[C@@H](C)O[C@@H](C)C2)C1. The quantitative estimate of drug-likeness (QED) is 0.665. The molecule has 0 bridgehead atoms. The van der Waals surface area contributed by atoms with Crippen LogP contribution in [0.3, 0.4) is 0 Å². The predicted molar refractivity (Wildman–Crippen MR) is 114 cm³/mol. The van der Waals surface area contributed by atoms with Gasteiger partial charge in [0.15, 0.2) is 6.73 Å². The molecule has 1 aromatic carbocycles. The van der Waals surface area contributed by atoms with Crippen molar-refractivity contribution in [1.82, 2.24) is 9.80 Å². The van der Waals surface area contributed by atoms with Crippen molar-refractivity contribution in [3.05, 3.63) is 29.3 Å². The zero-order valence-electron chi connectivity index (χ0n) is 19.2. The van der Waals surface area contributed by atoms with E-state index in [2.05, 4.69) is 32.6 Å². The molecular formula is C24H33F3N2O3. The second kappa shape index (κ2) is 8.52. The van der Waals surface area contributed by atoms with Gasteiger partial charge in [-0.15, -0.1) is 0 Å². The van der Waals surface area contributed by atoms with E-state index in [0.717, 1.165) is 44.5 Å². The van der Waals surface area contributed by atoms with Crippen LogP contribution >= 0.6 is 0 Å². The zero-order chi connectivity index (χ0) is 23.3. The minimum atomic E-state index is -4.43. The number of nitrogens with zero attached hydrogens (tertiary/aromatic N) is 2. The van der Waals surface area contributed by atoms with Crippen molar-refractivity contribution in [1.29, 1.82) is 0 Å². The topological polar surface area (TPSA) is 42.0 Å². The van der Waals surface area contributed by atoms with Crippen LogP contribution in [-0.4, -0.2) is 53.8 Å². The summed E-state index contributed by atoms with van der Waals surface area (Å²) in [4.78, 5) is 17.8. The van der Waals surface area contributed by atoms with Gasteiger partial charge >= 0.3 is 6.18 Å². The summed E-state index contributed by atoms with van der Waals surface area (Å²) in [5.41, 5.74) is -0.842. The Morgan fingerprint density at radius 2 is 1.88 bits per heavy atom. The molecule has 2 fully saturated rings. The number of rotatable bonds is 3. The maximum Gasteiger partial charge on any atom is 0.416 e. The van der Waals surface area contributed by atoms with Crippen LogP contribution in [0.25, 0.3) is 0 Å². The van der Waals surface area contributed by atoms with Gasteiger partial charge < -0.3 is 14.4 Å². The van der Waals surface area contributed by atoms with Gasteiger partial charge in [-0.2, -0.15) is 13.2 Å². The van der Waals surface area contributed by atoms with Crippen molar-refractivity contribution in [3.63, 3.8) is 0 Å². The van der Waals surface area contributed by atoms with E-state index in [-0.39, 0.29) is 37.3 Å². The fourth-order valence-corrected chi connectivity index (χ4v) is 5.71. The molecule has 4 rings (SSSR count). The predicted octanol–water partition coefficient (Wildman–Crippen LogP) is 4.69. The Hall–Kier alpha value is -1.80. The molecular weight excluding hydrogens is 421 g/mol. The van der Waals surface area contributed by atoms with Crippen LogP contribution in [0.15, 0.2) is 18.2 Å². The number of ether oxygens (including phenoxy) is 2. The summed E-state index contributed by atoms with van der Waals surface area (Å²) < 4.78 is 51.1. The van der Waals surface area contributed by atoms with Crippen molar-refractivity contribution < 1.29 is 27.4 Å². The average molecular weight is 455 g/mol. The molecule has 8 heteroatoms. The first-order chi connectivity index (χ1) is 15.0. The Balaban J connectivity index is 1.52. The number of hydrogen-bond acceptors (Lipinski definition) is 4. The van der Waals surface area contributed by atoms with Crippen molar-refractivity contribution in [2.45, 2.75) is 77.9 Å². The van der Waals surface area contributed by atoms with E-state index in [0.29, 0.717) is 17.4 Å². The molecule has 0 unspecified atom stereocenters. The Labute approximate surface area is 187 Å². The van der Waals surface area contributed by atoms with E-state index in [9.17, 15) is 18.0 Å². The summed E-state index contributed by atoms with van der Waals surface area (Å²) in [6.07, 6.45) is -1.62. The monoisotopic (exact) mass is 454 g/mol. The van der Waals surface area contributed by atoms with Crippen LogP contribution in [0.1, 0.15) is 58.1 Å². The molecule has 178 valence electrons. The largest absolute Gasteiger partial charge is 0.473 e. The third-order valence-electron chi connectivity index (χ3n) is 7.43. The van der Waals surface area contributed by atoms with Crippen LogP contribution in [0.4, 0.5) is 13.2 Å². The molecule has 0 aromatic heterocycles. The number of halogens is 3. The minimum Gasteiger partial charge on any atom is -0.473 e. The van der Waals surface area contributed by atoms with Crippen molar-refractivity contribution in [2.24, 2.45) is 11.3 Å². The fraction of sp³-hybridized carbons (Fsp3) is 0.708. The van der Waals surface area contributed by atoms with Crippen molar-refractivity contribution in [3.8, 4) is 5.75 Å². The lowest BCUT2D eigenvalue weighted by molar-refractivity contribution is -0.150. The van der Waals surface area contributed by atoms with Crippen molar-refractivity contribution in [2.75, 3.05) is 19.8 Å². The molecule has 4 atom stereocenters. The highest BCUT2D eigenvalue weighted by molar-refractivity contribution is 5.83. The van der Waals surface area contributed by atoms with Crippen LogP contribution in [0, 0.1) is 11.3 Å². The molecule has 1 saturated heterocycles. The van der Waals surface area contributed by atoms with Crippen molar-refractivity contribution >= 4 is 5.91 Å². The lowest BCUT2D eigenvalue weighted by atomic mass is 9.74. The summed E-state index contributed by atoms with van der Waals surface area (Å²) in [7, 11) is 0. The lowest BCUT2D eigenvalue weighted by Crippen LogP contribution is -2.51. The summed E-state index contributed by atoms with van der Waals surface area (Å²) >= 11 is 0. The molecule has 0 spiro atoms. The first kappa shape index (κ1) is 23.4. The molecule has 32 heavy (non-hydrogen) atoms. The third kappa shape index (κ3) is 4.36. The number of alkyl halides is 3. The smallest absolute Gasteiger partial charge is 0.416 e. The zero-order valence-corrected chi connectivity index (χ0v) is 19.2. The molecule has 2 heterocycles. The minimum absolute atomic E-state index is 0.00702. The van der Waals surface area contributed by atoms with Crippen LogP contribution < -0.4 is 4.74 Å². The van der Waals surface area contributed by atoms with Gasteiger partial charge in [-0.3, -0.25) is 9.69 Å². The Morgan fingerprint density at radius 1 is 1.19 bits per heavy atom. The van der Waals surface area contributed by atoms with Gasteiger partial charge in [0.25, 0.3) is 0 Å². The van der Waals surface area contributed by atoms with Gasteiger partial charge in [0.2, 0.25) is 5.91 Å². The highest BCUT2D eigenvalue weighted by atomic mass is 19.4. The first-order valence-electron chi connectivity index (χ1n) is 11.5. The van der Waals surface area contributed by atoms with E-state index < -0.39 is 17.2 Å². The molecule has 1 aromatic rings. The first-order valence-corrected chi connectivity index (χ1v) is 11.5. The summed E-state index contributed by atoms with van der Waals surface area (Å²) in [6, 6.07) is 3.79. The molecule has 3 aliphatic rings. The molecule has 2 aliphatic heterocycles. The Bertz CT molecular complexity index is 849.